The molecule has 1 aromatic heterocycles. The lowest BCUT2D eigenvalue weighted by atomic mass is 10.0. The first-order chi connectivity index (χ1) is 12.0. The van der Waals surface area contributed by atoms with Crippen molar-refractivity contribution >= 4 is 21.6 Å². The van der Waals surface area contributed by atoms with Gasteiger partial charge in [0.2, 0.25) is 10.0 Å². The van der Waals surface area contributed by atoms with Crippen molar-refractivity contribution in [2.45, 2.75) is 23.8 Å². The maximum Gasteiger partial charge on any atom is 0.245 e. The van der Waals surface area contributed by atoms with E-state index in [1.165, 1.54) is 22.6 Å². The third-order valence-electron chi connectivity index (χ3n) is 4.31. The summed E-state index contributed by atoms with van der Waals surface area (Å²) in [6.07, 6.45) is 2.77. The molecule has 1 saturated heterocycles. The molecule has 8 heteroatoms. The fourth-order valence-electron chi connectivity index (χ4n) is 3.09. The van der Waals surface area contributed by atoms with Crippen LogP contribution in [0.4, 0.5) is 0 Å². The van der Waals surface area contributed by atoms with Crippen LogP contribution in [0.2, 0.25) is 5.15 Å². The predicted octanol–water partition coefficient (Wildman–Crippen LogP) is 3.28. The molecule has 0 aliphatic carbocycles. The quantitative estimate of drug-likeness (QED) is 0.742. The number of hydrogen-bond acceptors (Lipinski definition) is 5. The van der Waals surface area contributed by atoms with Gasteiger partial charge in [-0.25, -0.2) is 13.4 Å². The third-order valence-corrected chi connectivity index (χ3v) is 6.42. The highest BCUT2D eigenvalue weighted by atomic mass is 35.5. The summed E-state index contributed by atoms with van der Waals surface area (Å²) >= 11 is 5.77. The van der Waals surface area contributed by atoms with E-state index >= 15 is 0 Å². The van der Waals surface area contributed by atoms with Crippen LogP contribution in [0.5, 0.6) is 11.5 Å². The minimum Gasteiger partial charge on any atom is -0.497 e. The van der Waals surface area contributed by atoms with E-state index in [4.69, 9.17) is 21.1 Å². The van der Waals surface area contributed by atoms with Crippen LogP contribution in [0.25, 0.3) is 0 Å². The highest BCUT2D eigenvalue weighted by molar-refractivity contribution is 7.89. The van der Waals surface area contributed by atoms with Crippen molar-refractivity contribution in [3.05, 3.63) is 47.2 Å². The first kappa shape index (κ1) is 18.0. The number of pyridine rings is 1. The van der Waals surface area contributed by atoms with E-state index in [0.29, 0.717) is 24.5 Å². The van der Waals surface area contributed by atoms with Crippen molar-refractivity contribution in [2.24, 2.45) is 0 Å². The van der Waals surface area contributed by atoms with Gasteiger partial charge in [0.05, 0.1) is 20.3 Å². The van der Waals surface area contributed by atoms with Crippen LogP contribution in [0, 0.1) is 0 Å². The van der Waals surface area contributed by atoms with Crippen LogP contribution in [-0.2, 0) is 10.0 Å². The van der Waals surface area contributed by atoms with Crippen molar-refractivity contribution in [3.8, 4) is 11.5 Å². The minimum atomic E-state index is -3.68. The second-order valence-electron chi connectivity index (χ2n) is 5.70. The lowest BCUT2D eigenvalue weighted by Gasteiger charge is -2.26. The number of hydrogen-bond donors (Lipinski definition) is 0. The molecule has 1 atom stereocenters. The molecule has 25 heavy (non-hydrogen) atoms. The summed E-state index contributed by atoms with van der Waals surface area (Å²) in [7, 11) is -0.532. The number of aromatic nitrogens is 1. The molecular formula is C17H19ClN2O4S. The molecule has 0 amide bonds. The Kier molecular flexibility index (Phi) is 5.17. The molecule has 2 heterocycles. The van der Waals surface area contributed by atoms with Crippen molar-refractivity contribution in [1.82, 2.24) is 9.29 Å². The van der Waals surface area contributed by atoms with Crippen molar-refractivity contribution < 1.29 is 17.9 Å². The second-order valence-corrected chi connectivity index (χ2v) is 7.98. The van der Waals surface area contributed by atoms with Gasteiger partial charge in [-0.2, -0.15) is 4.31 Å². The molecule has 3 rings (SSSR count). The summed E-state index contributed by atoms with van der Waals surface area (Å²) in [6.45, 7) is 0.440. The van der Waals surface area contributed by atoms with Gasteiger partial charge >= 0.3 is 0 Å². The molecule has 0 saturated carbocycles. The minimum absolute atomic E-state index is 0.130. The smallest absolute Gasteiger partial charge is 0.245 e. The van der Waals surface area contributed by atoms with Gasteiger partial charge in [0.1, 0.15) is 21.5 Å². The maximum absolute atomic E-state index is 13.1. The molecule has 134 valence electrons. The number of nitrogens with zero attached hydrogens (tertiary/aromatic N) is 2. The van der Waals surface area contributed by atoms with E-state index in [2.05, 4.69) is 4.98 Å². The molecule has 6 nitrogen and oxygen atoms in total. The standard InChI is InChI=1S/C17H19ClN2O4S/c1-23-12-5-7-16(24-2)14(10-12)15-4-3-9-20(15)25(21,22)13-6-8-17(18)19-11-13/h5-8,10-11,15H,3-4,9H2,1-2H3. The Bertz CT molecular complexity index is 855. The van der Waals surface area contributed by atoms with Gasteiger partial charge in [-0.05, 0) is 43.2 Å². The lowest BCUT2D eigenvalue weighted by molar-refractivity contribution is 0.361. The normalized spacial score (nSPS) is 18.3. The SMILES string of the molecule is COc1ccc(OC)c(C2CCCN2S(=O)(=O)c2ccc(Cl)nc2)c1. The first-order valence-electron chi connectivity index (χ1n) is 7.82. The Morgan fingerprint density at radius 1 is 1.20 bits per heavy atom. The van der Waals surface area contributed by atoms with E-state index in [-0.39, 0.29) is 16.1 Å². The monoisotopic (exact) mass is 382 g/mol. The number of rotatable bonds is 5. The van der Waals surface area contributed by atoms with Gasteiger partial charge < -0.3 is 9.47 Å². The number of halogens is 1. The van der Waals surface area contributed by atoms with Crippen LogP contribution in [-0.4, -0.2) is 38.5 Å². The molecule has 0 spiro atoms. The number of sulfonamides is 1. The van der Waals surface area contributed by atoms with Gasteiger partial charge in [-0.3, -0.25) is 0 Å². The van der Waals surface area contributed by atoms with Crippen LogP contribution in [0.15, 0.2) is 41.4 Å². The molecule has 1 aromatic carbocycles. The largest absolute Gasteiger partial charge is 0.497 e. The summed E-state index contributed by atoms with van der Waals surface area (Å²) in [4.78, 5) is 4.02. The first-order valence-corrected chi connectivity index (χ1v) is 9.64. The molecule has 0 N–H and O–H groups in total. The fraction of sp³-hybridized carbons (Fsp3) is 0.353. The topological polar surface area (TPSA) is 68.7 Å². The molecule has 1 fully saturated rings. The second kappa shape index (κ2) is 7.19. The summed E-state index contributed by atoms with van der Waals surface area (Å²) in [6, 6.07) is 8.05. The van der Waals surface area contributed by atoms with Crippen LogP contribution >= 0.6 is 11.6 Å². The summed E-state index contributed by atoms with van der Waals surface area (Å²) < 4.78 is 38.3. The zero-order valence-corrected chi connectivity index (χ0v) is 15.5. The van der Waals surface area contributed by atoms with Crippen LogP contribution in [0.3, 0.4) is 0 Å². The zero-order valence-electron chi connectivity index (χ0n) is 14.0. The van der Waals surface area contributed by atoms with Gasteiger partial charge in [0.15, 0.2) is 0 Å². The molecule has 0 radical (unpaired) electrons. The third kappa shape index (κ3) is 3.44. The Morgan fingerprint density at radius 3 is 2.64 bits per heavy atom. The van der Waals surface area contributed by atoms with Crippen molar-refractivity contribution in [1.29, 1.82) is 0 Å². The van der Waals surface area contributed by atoms with Gasteiger partial charge in [-0.15, -0.1) is 0 Å². The maximum atomic E-state index is 13.1. The summed E-state index contributed by atoms with van der Waals surface area (Å²) in [5, 5.41) is 0.256. The van der Waals surface area contributed by atoms with E-state index in [1.807, 2.05) is 6.07 Å². The fourth-order valence-corrected chi connectivity index (χ4v) is 4.82. The molecular weight excluding hydrogens is 364 g/mol. The molecule has 1 aliphatic heterocycles. The van der Waals surface area contributed by atoms with Crippen LogP contribution in [0.1, 0.15) is 24.4 Å². The van der Waals surface area contributed by atoms with E-state index in [9.17, 15) is 8.42 Å². The van der Waals surface area contributed by atoms with E-state index in [1.54, 1.807) is 26.4 Å². The Hall–Kier alpha value is -1.83. The average molecular weight is 383 g/mol. The number of benzene rings is 1. The predicted molar refractivity (Wildman–Crippen MR) is 94.7 cm³/mol. The lowest BCUT2D eigenvalue weighted by Crippen LogP contribution is -2.31. The van der Waals surface area contributed by atoms with E-state index in [0.717, 1.165) is 12.0 Å². The average Bonchev–Trinajstić information content (AvgIpc) is 3.12. The number of methoxy groups -OCH3 is 2. The van der Waals surface area contributed by atoms with Gasteiger partial charge in [-0.1, -0.05) is 11.6 Å². The van der Waals surface area contributed by atoms with Crippen molar-refractivity contribution in [3.63, 3.8) is 0 Å². The van der Waals surface area contributed by atoms with Crippen molar-refractivity contribution in [2.75, 3.05) is 20.8 Å². The highest BCUT2D eigenvalue weighted by Gasteiger charge is 2.37. The Balaban J connectivity index is 2.02. The summed E-state index contributed by atoms with van der Waals surface area (Å²) in [5.74, 6) is 1.30. The molecule has 1 unspecified atom stereocenters. The highest BCUT2D eigenvalue weighted by Crippen LogP contribution is 2.41. The molecule has 2 aromatic rings. The Morgan fingerprint density at radius 2 is 2.00 bits per heavy atom. The van der Waals surface area contributed by atoms with E-state index < -0.39 is 10.0 Å². The zero-order chi connectivity index (χ0) is 18.0. The molecule has 0 bridgehead atoms. The summed E-state index contributed by atoms with van der Waals surface area (Å²) in [5.41, 5.74) is 0.796. The molecule has 1 aliphatic rings. The van der Waals surface area contributed by atoms with Crippen LogP contribution < -0.4 is 9.47 Å². The number of ether oxygens (including phenoxy) is 2. The van der Waals surface area contributed by atoms with Gasteiger partial charge in [0, 0.05) is 18.3 Å². The Labute approximate surface area is 152 Å². The van der Waals surface area contributed by atoms with Gasteiger partial charge in [0.25, 0.3) is 0 Å².